The van der Waals surface area contributed by atoms with Crippen molar-refractivity contribution in [1.29, 1.82) is 0 Å². The van der Waals surface area contributed by atoms with Gasteiger partial charge in [-0.3, -0.25) is 10.1 Å². The number of nitrogens with zero attached hydrogens (tertiary/aromatic N) is 4. The summed E-state index contributed by atoms with van der Waals surface area (Å²) < 4.78 is 4.30. The number of aromatic nitrogens is 2. The van der Waals surface area contributed by atoms with Gasteiger partial charge in [0.1, 0.15) is 5.82 Å². The Balaban J connectivity index is 1.40. The molecular formula is C15H21N5O2S. The highest BCUT2D eigenvalue weighted by atomic mass is 32.1. The molecule has 1 spiro atoms. The number of carbonyl (C=O) groups excluding carboxylic acids is 2. The summed E-state index contributed by atoms with van der Waals surface area (Å²) in [4.78, 5) is 32.9. The predicted octanol–water partition coefficient (Wildman–Crippen LogP) is 1.89. The maximum atomic E-state index is 12.5. The summed E-state index contributed by atoms with van der Waals surface area (Å²) in [7, 11) is 1.85. The van der Waals surface area contributed by atoms with Crippen LogP contribution in [0.2, 0.25) is 0 Å². The van der Waals surface area contributed by atoms with Gasteiger partial charge in [0.05, 0.1) is 5.41 Å². The van der Waals surface area contributed by atoms with Crippen LogP contribution in [0.15, 0.2) is 0 Å². The highest BCUT2D eigenvalue weighted by Gasteiger charge is 2.48. The number of rotatable bonds is 2. The van der Waals surface area contributed by atoms with Crippen LogP contribution in [0.5, 0.6) is 0 Å². The van der Waals surface area contributed by atoms with Crippen LogP contribution in [-0.2, 0) is 4.79 Å². The van der Waals surface area contributed by atoms with Gasteiger partial charge in [-0.05, 0) is 32.1 Å². The van der Waals surface area contributed by atoms with Crippen LogP contribution >= 0.6 is 11.5 Å². The van der Waals surface area contributed by atoms with Crippen LogP contribution in [0, 0.1) is 5.41 Å². The minimum atomic E-state index is -0.370. The van der Waals surface area contributed by atoms with Gasteiger partial charge in [-0.25, -0.2) is 9.78 Å². The molecule has 3 fully saturated rings. The Morgan fingerprint density at radius 1 is 1.35 bits per heavy atom. The Kier molecular flexibility index (Phi) is 3.51. The van der Waals surface area contributed by atoms with Gasteiger partial charge in [-0.15, -0.1) is 0 Å². The molecule has 0 aromatic carbocycles. The first-order valence-corrected chi connectivity index (χ1v) is 9.00. The van der Waals surface area contributed by atoms with Crippen molar-refractivity contribution in [3.8, 4) is 0 Å². The summed E-state index contributed by atoms with van der Waals surface area (Å²) >= 11 is 1.24. The molecule has 4 rings (SSSR count). The van der Waals surface area contributed by atoms with Gasteiger partial charge < -0.3 is 9.80 Å². The molecular weight excluding hydrogens is 314 g/mol. The number of urea groups is 1. The number of carbonyl (C=O) groups is 2. The largest absolute Gasteiger partial charge is 0.345 e. The number of hydrogen-bond acceptors (Lipinski definition) is 5. The molecule has 1 saturated carbocycles. The quantitative estimate of drug-likeness (QED) is 0.895. The molecule has 1 N–H and O–H groups in total. The van der Waals surface area contributed by atoms with E-state index < -0.39 is 0 Å². The maximum Gasteiger partial charge on any atom is 0.323 e. The van der Waals surface area contributed by atoms with Gasteiger partial charge in [0, 0.05) is 44.1 Å². The van der Waals surface area contributed by atoms with E-state index in [4.69, 9.17) is 0 Å². The monoisotopic (exact) mass is 335 g/mol. The summed E-state index contributed by atoms with van der Waals surface area (Å²) in [6.45, 7) is 1.96. The second-order valence-corrected chi connectivity index (χ2v) is 7.70. The molecule has 2 saturated heterocycles. The van der Waals surface area contributed by atoms with Crippen LogP contribution in [-0.4, -0.2) is 57.8 Å². The third-order valence-electron chi connectivity index (χ3n) is 5.19. The second-order valence-electron chi connectivity index (χ2n) is 6.94. The average molecular weight is 335 g/mol. The standard InChI is InChI=1S/C15H21N5O2S/c1-19-7-2-5-15(12(19)21)6-8-20(9-15)14(22)17-13-16-11(18-23-13)10-3-4-10/h10H,2-9H2,1H3,(H,16,17,18,22). The number of amides is 3. The van der Waals surface area contributed by atoms with Crippen LogP contribution in [0.4, 0.5) is 9.93 Å². The number of nitrogens with one attached hydrogen (secondary N) is 1. The fraction of sp³-hybridized carbons (Fsp3) is 0.733. The molecule has 23 heavy (non-hydrogen) atoms. The minimum absolute atomic E-state index is 0.165. The van der Waals surface area contributed by atoms with Crippen LogP contribution in [0.25, 0.3) is 0 Å². The lowest BCUT2D eigenvalue weighted by atomic mass is 9.78. The van der Waals surface area contributed by atoms with Gasteiger partial charge in [0.2, 0.25) is 11.0 Å². The normalized spacial score (nSPS) is 27.8. The summed E-state index contributed by atoms with van der Waals surface area (Å²) in [5.41, 5.74) is -0.370. The Hall–Kier alpha value is -1.70. The van der Waals surface area contributed by atoms with Crippen molar-refractivity contribution in [3.05, 3.63) is 5.82 Å². The van der Waals surface area contributed by atoms with Crippen molar-refractivity contribution in [3.63, 3.8) is 0 Å². The van der Waals surface area contributed by atoms with E-state index in [0.29, 0.717) is 24.1 Å². The molecule has 1 aromatic rings. The average Bonchev–Trinajstić information content (AvgIpc) is 3.13. The maximum absolute atomic E-state index is 12.5. The lowest BCUT2D eigenvalue weighted by Crippen LogP contribution is -2.49. The van der Waals surface area contributed by atoms with Gasteiger partial charge in [0.15, 0.2) is 0 Å². The first-order valence-electron chi connectivity index (χ1n) is 8.22. The van der Waals surface area contributed by atoms with E-state index in [1.807, 2.05) is 7.05 Å². The first-order chi connectivity index (χ1) is 11.1. The molecule has 2 aliphatic heterocycles. The molecule has 3 heterocycles. The van der Waals surface area contributed by atoms with Crippen LogP contribution in [0.1, 0.15) is 43.8 Å². The van der Waals surface area contributed by atoms with Crippen molar-refractivity contribution in [1.82, 2.24) is 19.2 Å². The van der Waals surface area contributed by atoms with Crippen molar-refractivity contribution >= 4 is 28.6 Å². The second kappa shape index (κ2) is 5.43. The summed E-state index contributed by atoms with van der Waals surface area (Å²) in [6.07, 6.45) is 4.94. The molecule has 3 amide bonds. The minimum Gasteiger partial charge on any atom is -0.345 e. The number of likely N-dealkylation sites (tertiary alicyclic amines) is 2. The number of hydrogen-bond donors (Lipinski definition) is 1. The zero-order chi connectivity index (χ0) is 16.0. The fourth-order valence-electron chi connectivity index (χ4n) is 3.66. The van der Waals surface area contributed by atoms with E-state index in [-0.39, 0.29) is 17.4 Å². The molecule has 7 nitrogen and oxygen atoms in total. The summed E-state index contributed by atoms with van der Waals surface area (Å²) in [6, 6.07) is -0.165. The summed E-state index contributed by atoms with van der Waals surface area (Å²) in [5.74, 6) is 1.53. The number of anilines is 1. The van der Waals surface area contributed by atoms with Crippen LogP contribution in [0.3, 0.4) is 0 Å². The third kappa shape index (κ3) is 2.69. The van der Waals surface area contributed by atoms with Crippen molar-refractivity contribution < 1.29 is 9.59 Å². The molecule has 124 valence electrons. The predicted molar refractivity (Wildman–Crippen MR) is 86.4 cm³/mol. The van der Waals surface area contributed by atoms with Gasteiger partial charge in [-0.1, -0.05) is 0 Å². The first kappa shape index (κ1) is 14.9. The molecule has 1 aliphatic carbocycles. The van der Waals surface area contributed by atoms with E-state index in [9.17, 15) is 9.59 Å². The SMILES string of the molecule is CN1CCCC2(CCN(C(=O)Nc3nc(C4CC4)ns3)C2)C1=O. The molecule has 1 aromatic heterocycles. The van der Waals surface area contributed by atoms with E-state index in [1.165, 1.54) is 11.5 Å². The molecule has 0 bridgehead atoms. The van der Waals surface area contributed by atoms with Crippen molar-refractivity contribution in [2.75, 3.05) is 32.0 Å². The Labute approximate surface area is 139 Å². The zero-order valence-corrected chi connectivity index (χ0v) is 14.1. The number of piperidine rings is 1. The van der Waals surface area contributed by atoms with E-state index in [2.05, 4.69) is 14.7 Å². The Morgan fingerprint density at radius 3 is 2.96 bits per heavy atom. The van der Waals surface area contributed by atoms with Gasteiger partial charge in [0.25, 0.3) is 0 Å². The van der Waals surface area contributed by atoms with Crippen molar-refractivity contribution in [2.24, 2.45) is 5.41 Å². The molecule has 3 aliphatic rings. The molecule has 0 radical (unpaired) electrons. The fourth-order valence-corrected chi connectivity index (χ4v) is 4.29. The molecule has 1 unspecified atom stereocenters. The lowest BCUT2D eigenvalue weighted by molar-refractivity contribution is -0.143. The van der Waals surface area contributed by atoms with E-state index >= 15 is 0 Å². The zero-order valence-electron chi connectivity index (χ0n) is 13.2. The van der Waals surface area contributed by atoms with Gasteiger partial charge >= 0.3 is 6.03 Å². The summed E-state index contributed by atoms with van der Waals surface area (Å²) in [5, 5.41) is 3.40. The van der Waals surface area contributed by atoms with Gasteiger partial charge in [-0.2, -0.15) is 4.37 Å². The Bertz CT molecular complexity index is 644. The lowest BCUT2D eigenvalue weighted by Gasteiger charge is -2.37. The highest BCUT2D eigenvalue weighted by Crippen LogP contribution is 2.41. The van der Waals surface area contributed by atoms with Crippen LogP contribution < -0.4 is 5.32 Å². The molecule has 1 atom stereocenters. The highest BCUT2D eigenvalue weighted by molar-refractivity contribution is 7.09. The smallest absolute Gasteiger partial charge is 0.323 e. The molecule has 8 heteroatoms. The Morgan fingerprint density at radius 2 is 2.17 bits per heavy atom. The van der Waals surface area contributed by atoms with Crippen molar-refractivity contribution in [2.45, 2.75) is 38.0 Å². The van der Waals surface area contributed by atoms with E-state index in [1.54, 1.807) is 9.80 Å². The third-order valence-corrected chi connectivity index (χ3v) is 5.83. The topological polar surface area (TPSA) is 78.4 Å². The van der Waals surface area contributed by atoms with E-state index in [0.717, 1.165) is 44.5 Å².